The fourth-order valence-corrected chi connectivity index (χ4v) is 3.68. The van der Waals surface area contributed by atoms with Crippen molar-refractivity contribution in [2.45, 2.75) is 45.4 Å². The summed E-state index contributed by atoms with van der Waals surface area (Å²) >= 11 is 0. The predicted octanol–water partition coefficient (Wildman–Crippen LogP) is 4.05. The van der Waals surface area contributed by atoms with Gasteiger partial charge in [-0.3, -0.25) is 0 Å². The molecule has 0 aliphatic heterocycles. The molecule has 108 valence electrons. The van der Waals surface area contributed by atoms with Gasteiger partial charge in [0.2, 0.25) is 0 Å². The molecule has 19 heavy (non-hydrogen) atoms. The summed E-state index contributed by atoms with van der Waals surface area (Å²) in [6.45, 7) is 8.44. The van der Waals surface area contributed by atoms with Gasteiger partial charge in [-0.2, -0.15) is 0 Å². The zero-order valence-corrected chi connectivity index (χ0v) is 13.4. The van der Waals surface area contributed by atoms with Gasteiger partial charge >= 0.3 is 0 Å². The van der Waals surface area contributed by atoms with Crippen molar-refractivity contribution < 1.29 is 13.2 Å². The predicted molar refractivity (Wildman–Crippen MR) is 78.5 cm³/mol. The fourth-order valence-electron chi connectivity index (χ4n) is 2.06. The molecule has 0 amide bonds. The minimum Gasteiger partial charge on any atom is -0.494 e. The Bertz CT molecular complexity index is 513. The maximum atomic E-state index is 11.4. The molecule has 0 N–H and O–H groups in total. The summed E-state index contributed by atoms with van der Waals surface area (Å²) in [7, 11) is 1.71. The lowest BCUT2D eigenvalue weighted by molar-refractivity contribution is 0.297. The molecule has 1 aromatic carbocycles. The first kappa shape index (κ1) is 16.3. The third-order valence-corrected chi connectivity index (χ3v) is 4.47. The molecule has 3 nitrogen and oxygen atoms in total. The molecule has 0 aliphatic carbocycles. The standard InChI is InChI=1S/C14H21ClO3S/c1-10(2)6-5-7-18-13-8-11(3)14(12(4)9-13)19(15,16)17/h8-10H,5-7H2,1-4H3. The normalized spacial score (nSPS) is 11.9. The van der Waals surface area contributed by atoms with Crippen molar-refractivity contribution in [2.24, 2.45) is 5.92 Å². The van der Waals surface area contributed by atoms with E-state index in [1.165, 1.54) is 0 Å². The molecule has 0 aliphatic rings. The smallest absolute Gasteiger partial charge is 0.261 e. The van der Waals surface area contributed by atoms with E-state index in [1.807, 2.05) is 0 Å². The van der Waals surface area contributed by atoms with Gasteiger partial charge in [0.15, 0.2) is 0 Å². The van der Waals surface area contributed by atoms with E-state index in [2.05, 4.69) is 13.8 Å². The molecule has 0 atom stereocenters. The first-order chi connectivity index (χ1) is 8.71. The van der Waals surface area contributed by atoms with Crippen LogP contribution in [-0.4, -0.2) is 15.0 Å². The van der Waals surface area contributed by atoms with E-state index in [-0.39, 0.29) is 4.90 Å². The van der Waals surface area contributed by atoms with Crippen LogP contribution in [-0.2, 0) is 9.05 Å². The SMILES string of the molecule is Cc1cc(OCCCC(C)C)cc(C)c1S(=O)(=O)Cl. The molecule has 0 saturated carbocycles. The van der Waals surface area contributed by atoms with Crippen molar-refractivity contribution in [3.63, 3.8) is 0 Å². The highest BCUT2D eigenvalue weighted by Crippen LogP contribution is 2.28. The molecule has 0 aromatic heterocycles. The average Bonchev–Trinajstić information content (AvgIpc) is 2.21. The van der Waals surface area contributed by atoms with Crippen LogP contribution >= 0.6 is 10.7 Å². The van der Waals surface area contributed by atoms with E-state index in [9.17, 15) is 8.42 Å². The van der Waals surface area contributed by atoms with Gasteiger partial charge in [0.1, 0.15) is 5.75 Å². The lowest BCUT2D eigenvalue weighted by Crippen LogP contribution is -2.03. The van der Waals surface area contributed by atoms with Crippen LogP contribution in [0.5, 0.6) is 5.75 Å². The Morgan fingerprint density at radius 1 is 1.21 bits per heavy atom. The van der Waals surface area contributed by atoms with Gasteiger partial charge in [0.25, 0.3) is 9.05 Å². The summed E-state index contributed by atoms with van der Waals surface area (Å²) < 4.78 is 28.5. The van der Waals surface area contributed by atoms with Crippen LogP contribution < -0.4 is 4.74 Å². The molecule has 0 saturated heterocycles. The highest BCUT2D eigenvalue weighted by Gasteiger charge is 2.17. The summed E-state index contributed by atoms with van der Waals surface area (Å²) in [5, 5.41) is 0. The maximum absolute atomic E-state index is 11.4. The molecule has 0 heterocycles. The van der Waals surface area contributed by atoms with Crippen LogP contribution in [0.3, 0.4) is 0 Å². The van der Waals surface area contributed by atoms with E-state index in [0.29, 0.717) is 29.4 Å². The van der Waals surface area contributed by atoms with Crippen LogP contribution in [0, 0.1) is 19.8 Å². The molecular formula is C14H21ClO3S. The Morgan fingerprint density at radius 3 is 2.16 bits per heavy atom. The zero-order chi connectivity index (χ0) is 14.6. The first-order valence-electron chi connectivity index (χ1n) is 6.40. The monoisotopic (exact) mass is 304 g/mol. The van der Waals surface area contributed by atoms with Gasteiger partial charge < -0.3 is 4.74 Å². The Balaban J connectivity index is 2.79. The summed E-state index contributed by atoms with van der Waals surface area (Å²) in [6.07, 6.45) is 2.11. The van der Waals surface area contributed by atoms with E-state index in [0.717, 1.165) is 12.8 Å². The summed E-state index contributed by atoms with van der Waals surface area (Å²) in [5.74, 6) is 1.36. The van der Waals surface area contributed by atoms with Gasteiger partial charge in [0.05, 0.1) is 11.5 Å². The maximum Gasteiger partial charge on any atom is 0.261 e. The second-order valence-electron chi connectivity index (χ2n) is 5.21. The van der Waals surface area contributed by atoms with Crippen LogP contribution in [0.25, 0.3) is 0 Å². The molecule has 1 aromatic rings. The topological polar surface area (TPSA) is 43.4 Å². The highest BCUT2D eigenvalue weighted by atomic mass is 35.7. The van der Waals surface area contributed by atoms with Crippen LogP contribution in [0.4, 0.5) is 0 Å². The van der Waals surface area contributed by atoms with E-state index >= 15 is 0 Å². The van der Waals surface area contributed by atoms with Crippen molar-refractivity contribution in [1.29, 1.82) is 0 Å². The molecule has 5 heteroatoms. The molecule has 0 bridgehead atoms. The van der Waals surface area contributed by atoms with Crippen molar-refractivity contribution in [2.75, 3.05) is 6.61 Å². The van der Waals surface area contributed by atoms with Gasteiger partial charge in [-0.25, -0.2) is 8.42 Å². The molecule has 0 fully saturated rings. The third-order valence-electron chi connectivity index (χ3n) is 2.87. The van der Waals surface area contributed by atoms with Crippen LogP contribution in [0.1, 0.15) is 37.8 Å². The van der Waals surface area contributed by atoms with Crippen LogP contribution in [0.2, 0.25) is 0 Å². The van der Waals surface area contributed by atoms with Crippen molar-refractivity contribution in [3.05, 3.63) is 23.3 Å². The number of benzene rings is 1. The fraction of sp³-hybridized carbons (Fsp3) is 0.571. The largest absolute Gasteiger partial charge is 0.494 e. The second-order valence-corrected chi connectivity index (χ2v) is 7.71. The lowest BCUT2D eigenvalue weighted by atomic mass is 10.1. The summed E-state index contributed by atoms with van der Waals surface area (Å²) in [4.78, 5) is 0.184. The van der Waals surface area contributed by atoms with Gasteiger partial charge in [-0.05, 0) is 55.9 Å². The molecule has 1 rings (SSSR count). The first-order valence-corrected chi connectivity index (χ1v) is 8.71. The van der Waals surface area contributed by atoms with Crippen molar-refractivity contribution in [3.8, 4) is 5.75 Å². The Morgan fingerprint density at radius 2 is 1.74 bits per heavy atom. The Hall–Kier alpha value is -0.740. The second kappa shape index (κ2) is 6.62. The van der Waals surface area contributed by atoms with Gasteiger partial charge in [0, 0.05) is 10.7 Å². The number of ether oxygens (including phenoxy) is 1. The molecule has 0 unspecified atom stereocenters. The molecule has 0 radical (unpaired) electrons. The summed E-state index contributed by atoms with van der Waals surface area (Å²) in [6, 6.07) is 3.44. The number of hydrogen-bond donors (Lipinski definition) is 0. The minimum atomic E-state index is -3.70. The number of aryl methyl sites for hydroxylation is 2. The lowest BCUT2D eigenvalue weighted by Gasteiger charge is -2.12. The summed E-state index contributed by atoms with van der Waals surface area (Å²) in [5.41, 5.74) is 1.24. The molecular weight excluding hydrogens is 284 g/mol. The van der Waals surface area contributed by atoms with Crippen LogP contribution in [0.15, 0.2) is 17.0 Å². The van der Waals surface area contributed by atoms with Crippen molar-refractivity contribution in [1.82, 2.24) is 0 Å². The number of halogens is 1. The Kier molecular flexibility index (Phi) is 5.68. The minimum absolute atomic E-state index is 0.184. The average molecular weight is 305 g/mol. The number of rotatable bonds is 6. The molecule has 0 spiro atoms. The van der Waals surface area contributed by atoms with Crippen molar-refractivity contribution >= 4 is 19.7 Å². The van der Waals surface area contributed by atoms with Gasteiger partial charge in [-0.15, -0.1) is 0 Å². The number of hydrogen-bond acceptors (Lipinski definition) is 3. The highest BCUT2D eigenvalue weighted by molar-refractivity contribution is 8.13. The third kappa shape index (κ3) is 5.03. The van der Waals surface area contributed by atoms with E-state index in [4.69, 9.17) is 15.4 Å². The Labute approximate surface area is 120 Å². The van der Waals surface area contributed by atoms with E-state index in [1.54, 1.807) is 26.0 Å². The zero-order valence-electron chi connectivity index (χ0n) is 11.9. The quantitative estimate of drug-likeness (QED) is 0.588. The van der Waals surface area contributed by atoms with E-state index < -0.39 is 9.05 Å². The van der Waals surface area contributed by atoms with Gasteiger partial charge in [-0.1, -0.05) is 13.8 Å².